The number of aryl methyl sites for hydroxylation is 2. The second-order valence-electron chi connectivity index (χ2n) is 9.52. The normalized spacial score (nSPS) is 16.7. The van der Waals surface area contributed by atoms with Crippen LogP contribution < -0.4 is 5.32 Å². The molecule has 2 aromatic carbocycles. The Balaban J connectivity index is 1.42. The summed E-state index contributed by atoms with van der Waals surface area (Å²) in [5.74, 6) is -0.275. The second-order valence-corrected chi connectivity index (χ2v) is 10.6. The van der Waals surface area contributed by atoms with Crippen molar-refractivity contribution in [3.05, 3.63) is 111 Å². The van der Waals surface area contributed by atoms with Gasteiger partial charge in [0.05, 0.1) is 18.3 Å². The van der Waals surface area contributed by atoms with Gasteiger partial charge in [0.25, 0.3) is 0 Å². The molecule has 4 nitrogen and oxygen atoms in total. The van der Waals surface area contributed by atoms with Crippen LogP contribution in [0, 0.1) is 12.7 Å². The molecule has 1 atom stereocenters. The maximum atomic E-state index is 13.8. The lowest BCUT2D eigenvalue weighted by atomic mass is 9.95. The number of carbonyl (C=O) groups excluding carboxylic acids is 1. The Hall–Kier alpha value is -3.38. The van der Waals surface area contributed by atoms with Crippen LogP contribution in [-0.4, -0.2) is 15.5 Å². The molecular weight excluding hydrogens is 457 g/mol. The number of urea groups is 1. The van der Waals surface area contributed by atoms with Crippen LogP contribution in [0.25, 0.3) is 5.00 Å². The summed E-state index contributed by atoms with van der Waals surface area (Å²) in [6.45, 7) is 3.00. The van der Waals surface area contributed by atoms with Gasteiger partial charge in [-0.25, -0.2) is 9.18 Å². The van der Waals surface area contributed by atoms with Gasteiger partial charge in [-0.05, 0) is 73.6 Å². The van der Waals surface area contributed by atoms with E-state index in [0.29, 0.717) is 13.1 Å². The molecule has 178 valence electrons. The SMILES string of the molecule is Cc1ccc([C@@H]2c3cccn3-c3sc4c(c3CN2C(=O)NCc2ccc(F)cc2)CCCC4)cc1. The molecule has 0 saturated heterocycles. The van der Waals surface area contributed by atoms with E-state index in [-0.39, 0.29) is 17.9 Å². The topological polar surface area (TPSA) is 37.3 Å². The zero-order valence-corrected chi connectivity index (χ0v) is 20.6. The van der Waals surface area contributed by atoms with Gasteiger partial charge in [-0.3, -0.25) is 0 Å². The van der Waals surface area contributed by atoms with E-state index in [1.807, 2.05) is 16.2 Å². The average Bonchev–Trinajstić information content (AvgIpc) is 3.46. The Bertz CT molecular complexity index is 1370. The number of fused-ring (bicyclic) bond motifs is 5. The van der Waals surface area contributed by atoms with E-state index in [1.54, 1.807) is 12.1 Å². The maximum absolute atomic E-state index is 13.8. The van der Waals surface area contributed by atoms with Crippen LogP contribution in [0.5, 0.6) is 0 Å². The van der Waals surface area contributed by atoms with Gasteiger partial charge in [-0.2, -0.15) is 0 Å². The summed E-state index contributed by atoms with van der Waals surface area (Å²) in [5.41, 5.74) is 6.99. The predicted molar refractivity (Wildman–Crippen MR) is 137 cm³/mol. The molecule has 0 unspecified atom stereocenters. The fourth-order valence-corrected chi connectivity index (χ4v) is 6.77. The van der Waals surface area contributed by atoms with Crippen LogP contribution >= 0.6 is 11.3 Å². The quantitative estimate of drug-likeness (QED) is 0.345. The van der Waals surface area contributed by atoms with Crippen molar-refractivity contribution >= 4 is 17.4 Å². The molecule has 3 heterocycles. The minimum atomic E-state index is -0.275. The highest BCUT2D eigenvalue weighted by atomic mass is 32.1. The van der Waals surface area contributed by atoms with Crippen molar-refractivity contribution in [1.29, 1.82) is 0 Å². The van der Waals surface area contributed by atoms with Crippen LogP contribution in [0.15, 0.2) is 66.9 Å². The Morgan fingerprint density at radius 1 is 1.03 bits per heavy atom. The molecule has 0 spiro atoms. The Morgan fingerprint density at radius 2 is 1.80 bits per heavy atom. The third-order valence-corrected chi connectivity index (χ3v) is 8.52. The van der Waals surface area contributed by atoms with Gasteiger partial charge in [0.1, 0.15) is 10.8 Å². The fraction of sp³-hybridized carbons (Fsp3) is 0.276. The third kappa shape index (κ3) is 4.06. The molecule has 2 aliphatic rings. The van der Waals surface area contributed by atoms with E-state index >= 15 is 0 Å². The summed E-state index contributed by atoms with van der Waals surface area (Å²) in [6.07, 6.45) is 6.78. The first-order valence-electron chi connectivity index (χ1n) is 12.2. The van der Waals surface area contributed by atoms with Crippen molar-refractivity contribution < 1.29 is 9.18 Å². The van der Waals surface area contributed by atoms with E-state index < -0.39 is 0 Å². The van der Waals surface area contributed by atoms with Gasteiger partial charge in [0, 0.05) is 23.2 Å². The molecule has 0 radical (unpaired) electrons. The van der Waals surface area contributed by atoms with Crippen molar-refractivity contribution in [2.24, 2.45) is 0 Å². The first-order valence-corrected chi connectivity index (χ1v) is 13.1. The molecular formula is C29H28FN3OS. The van der Waals surface area contributed by atoms with E-state index in [0.717, 1.165) is 29.7 Å². The standard InChI is InChI=1S/C29H28FN3OS/c1-19-8-12-21(13-9-19)27-25-6-4-16-32(25)28-24(23-5-2-3-7-26(23)35-28)18-33(27)29(34)31-17-20-10-14-22(30)15-11-20/h4,6,8-16,27H,2-3,5,7,17-18H2,1H3,(H,31,34)/t27-/m1/s1. The monoisotopic (exact) mass is 485 g/mol. The Kier molecular flexibility index (Phi) is 5.69. The lowest BCUT2D eigenvalue weighted by Gasteiger charge is -2.31. The summed E-state index contributed by atoms with van der Waals surface area (Å²) in [7, 11) is 0. The largest absolute Gasteiger partial charge is 0.334 e. The number of rotatable bonds is 3. The summed E-state index contributed by atoms with van der Waals surface area (Å²) in [5, 5.41) is 4.36. The van der Waals surface area contributed by atoms with E-state index in [1.165, 1.54) is 51.5 Å². The summed E-state index contributed by atoms with van der Waals surface area (Å²) >= 11 is 1.89. The van der Waals surface area contributed by atoms with Gasteiger partial charge in [-0.1, -0.05) is 42.0 Å². The van der Waals surface area contributed by atoms with Crippen molar-refractivity contribution in [2.75, 3.05) is 0 Å². The number of hydrogen-bond acceptors (Lipinski definition) is 2. The van der Waals surface area contributed by atoms with Crippen LogP contribution in [0.4, 0.5) is 9.18 Å². The zero-order valence-electron chi connectivity index (χ0n) is 19.8. The minimum absolute atomic E-state index is 0.115. The lowest BCUT2D eigenvalue weighted by Crippen LogP contribution is -2.41. The van der Waals surface area contributed by atoms with Crippen LogP contribution in [0.1, 0.15) is 57.3 Å². The van der Waals surface area contributed by atoms with Gasteiger partial charge in [0.15, 0.2) is 0 Å². The molecule has 1 aliphatic heterocycles. The molecule has 4 aromatic rings. The van der Waals surface area contributed by atoms with Gasteiger partial charge < -0.3 is 14.8 Å². The van der Waals surface area contributed by atoms with Crippen molar-refractivity contribution in [3.63, 3.8) is 0 Å². The number of halogens is 1. The smallest absolute Gasteiger partial charge is 0.318 e. The van der Waals surface area contributed by atoms with Crippen molar-refractivity contribution in [1.82, 2.24) is 14.8 Å². The average molecular weight is 486 g/mol. The molecule has 6 heteroatoms. The maximum Gasteiger partial charge on any atom is 0.318 e. The number of thiophene rings is 1. The Morgan fingerprint density at radius 3 is 2.60 bits per heavy atom. The molecule has 2 amide bonds. The molecule has 1 N–H and O–H groups in total. The summed E-state index contributed by atoms with van der Waals surface area (Å²) in [6, 6.07) is 18.7. The van der Waals surface area contributed by atoms with Crippen LogP contribution in [0.3, 0.4) is 0 Å². The predicted octanol–water partition coefficient (Wildman–Crippen LogP) is 6.68. The van der Waals surface area contributed by atoms with Crippen LogP contribution in [-0.2, 0) is 25.9 Å². The van der Waals surface area contributed by atoms with Crippen molar-refractivity contribution in [3.8, 4) is 5.00 Å². The summed E-state index contributed by atoms with van der Waals surface area (Å²) < 4.78 is 15.7. The zero-order chi connectivity index (χ0) is 23.9. The number of hydrogen-bond donors (Lipinski definition) is 1. The first kappa shape index (κ1) is 22.1. The number of aromatic nitrogens is 1. The van der Waals surface area contributed by atoms with Crippen molar-refractivity contribution in [2.45, 2.75) is 51.7 Å². The number of benzene rings is 2. The van der Waals surface area contributed by atoms with Crippen LogP contribution in [0.2, 0.25) is 0 Å². The number of nitrogens with one attached hydrogen (secondary N) is 1. The number of nitrogens with zero attached hydrogens (tertiary/aromatic N) is 2. The molecule has 1 aliphatic carbocycles. The molecule has 0 fully saturated rings. The number of amides is 2. The van der Waals surface area contributed by atoms with E-state index in [2.05, 4.69) is 59.4 Å². The van der Waals surface area contributed by atoms with E-state index in [4.69, 9.17) is 0 Å². The number of carbonyl (C=O) groups is 1. The molecule has 0 bridgehead atoms. The highest BCUT2D eigenvalue weighted by Gasteiger charge is 2.35. The highest BCUT2D eigenvalue weighted by Crippen LogP contribution is 2.44. The highest BCUT2D eigenvalue weighted by molar-refractivity contribution is 7.15. The Labute approximate surface area is 209 Å². The first-order chi connectivity index (χ1) is 17.1. The molecule has 35 heavy (non-hydrogen) atoms. The fourth-order valence-electron chi connectivity index (χ4n) is 5.37. The molecule has 6 rings (SSSR count). The van der Waals surface area contributed by atoms with Gasteiger partial charge >= 0.3 is 6.03 Å². The van der Waals surface area contributed by atoms with E-state index in [9.17, 15) is 9.18 Å². The minimum Gasteiger partial charge on any atom is -0.334 e. The lowest BCUT2D eigenvalue weighted by molar-refractivity contribution is 0.180. The second kappa shape index (κ2) is 9.00. The molecule has 0 saturated carbocycles. The molecule has 2 aromatic heterocycles. The van der Waals surface area contributed by atoms with Gasteiger partial charge in [0.2, 0.25) is 0 Å². The third-order valence-electron chi connectivity index (χ3n) is 7.19. The summed E-state index contributed by atoms with van der Waals surface area (Å²) in [4.78, 5) is 17.3. The van der Waals surface area contributed by atoms with Gasteiger partial charge in [-0.15, -0.1) is 11.3 Å².